The van der Waals surface area contributed by atoms with Crippen molar-refractivity contribution in [2.75, 3.05) is 5.75 Å². The van der Waals surface area contributed by atoms with Crippen LogP contribution >= 0.6 is 35.0 Å². The molecule has 0 radical (unpaired) electrons. The average molecular weight is 278 g/mol. The Kier molecular flexibility index (Phi) is 5.46. The summed E-state index contributed by atoms with van der Waals surface area (Å²) in [6.45, 7) is 3.84. The fourth-order valence-corrected chi connectivity index (χ4v) is 2.62. The van der Waals surface area contributed by atoms with E-state index in [2.05, 4.69) is 5.32 Å². The first-order chi connectivity index (χ1) is 7.50. The van der Waals surface area contributed by atoms with Crippen molar-refractivity contribution in [2.24, 2.45) is 0 Å². The summed E-state index contributed by atoms with van der Waals surface area (Å²) in [6.07, 6.45) is 0. The summed E-state index contributed by atoms with van der Waals surface area (Å²) in [5.41, 5.74) is 0. The highest BCUT2D eigenvalue weighted by Crippen LogP contribution is 2.33. The highest BCUT2D eigenvalue weighted by Gasteiger charge is 2.09. The second-order valence-electron chi connectivity index (χ2n) is 3.56. The molecule has 5 heteroatoms. The first-order valence-electron chi connectivity index (χ1n) is 4.87. The van der Waals surface area contributed by atoms with Crippen LogP contribution in [0.2, 0.25) is 10.0 Å². The van der Waals surface area contributed by atoms with Gasteiger partial charge in [0.15, 0.2) is 0 Å². The van der Waals surface area contributed by atoms with Crippen LogP contribution in [0.3, 0.4) is 0 Å². The molecule has 0 heterocycles. The number of amides is 1. The van der Waals surface area contributed by atoms with E-state index in [0.717, 1.165) is 4.90 Å². The largest absolute Gasteiger partial charge is 0.353 e. The maximum Gasteiger partial charge on any atom is 0.230 e. The lowest BCUT2D eigenvalue weighted by Crippen LogP contribution is -2.31. The molecule has 0 atom stereocenters. The molecular formula is C11H13Cl2NOS. The smallest absolute Gasteiger partial charge is 0.230 e. The monoisotopic (exact) mass is 277 g/mol. The fraction of sp³-hybridized carbons (Fsp3) is 0.364. The van der Waals surface area contributed by atoms with E-state index in [1.54, 1.807) is 18.2 Å². The first kappa shape index (κ1) is 13.7. The van der Waals surface area contributed by atoms with Gasteiger partial charge in [0.05, 0.1) is 15.8 Å². The van der Waals surface area contributed by atoms with Gasteiger partial charge in [-0.05, 0) is 26.0 Å². The molecule has 1 N–H and O–H groups in total. The van der Waals surface area contributed by atoms with Crippen molar-refractivity contribution in [2.45, 2.75) is 24.8 Å². The Labute approximate surface area is 110 Å². The molecule has 1 aromatic carbocycles. The number of hydrogen-bond acceptors (Lipinski definition) is 2. The average Bonchev–Trinajstić information content (AvgIpc) is 2.15. The normalized spacial score (nSPS) is 10.6. The van der Waals surface area contributed by atoms with Crippen LogP contribution in [-0.2, 0) is 4.79 Å². The van der Waals surface area contributed by atoms with E-state index in [9.17, 15) is 4.79 Å². The fourth-order valence-electron chi connectivity index (χ4n) is 1.12. The summed E-state index contributed by atoms with van der Waals surface area (Å²) in [6, 6.07) is 5.45. The van der Waals surface area contributed by atoms with Crippen LogP contribution in [0, 0.1) is 0 Å². The van der Waals surface area contributed by atoms with Gasteiger partial charge in [0.1, 0.15) is 0 Å². The molecule has 0 aliphatic rings. The highest BCUT2D eigenvalue weighted by atomic mass is 35.5. The van der Waals surface area contributed by atoms with Gasteiger partial charge in [0.25, 0.3) is 0 Å². The van der Waals surface area contributed by atoms with E-state index in [1.165, 1.54) is 11.8 Å². The molecule has 0 spiro atoms. The van der Waals surface area contributed by atoms with Crippen LogP contribution in [0.25, 0.3) is 0 Å². The predicted molar refractivity (Wildman–Crippen MR) is 70.5 cm³/mol. The van der Waals surface area contributed by atoms with Crippen molar-refractivity contribution in [1.82, 2.24) is 5.32 Å². The number of carbonyl (C=O) groups is 1. The molecule has 1 aromatic rings. The van der Waals surface area contributed by atoms with Gasteiger partial charge in [-0.3, -0.25) is 4.79 Å². The van der Waals surface area contributed by atoms with Crippen LogP contribution < -0.4 is 5.32 Å². The number of nitrogens with one attached hydrogen (secondary N) is 1. The Balaban J connectivity index is 2.58. The summed E-state index contributed by atoms with van der Waals surface area (Å²) in [7, 11) is 0. The van der Waals surface area contributed by atoms with Gasteiger partial charge >= 0.3 is 0 Å². The lowest BCUT2D eigenvalue weighted by atomic mass is 10.4. The summed E-state index contributed by atoms with van der Waals surface area (Å²) in [4.78, 5) is 12.2. The van der Waals surface area contributed by atoms with Crippen molar-refractivity contribution in [1.29, 1.82) is 0 Å². The molecule has 0 fully saturated rings. The van der Waals surface area contributed by atoms with Crippen LogP contribution in [-0.4, -0.2) is 17.7 Å². The highest BCUT2D eigenvalue weighted by molar-refractivity contribution is 8.00. The van der Waals surface area contributed by atoms with Gasteiger partial charge in [-0.25, -0.2) is 0 Å². The van der Waals surface area contributed by atoms with Crippen LogP contribution in [0.5, 0.6) is 0 Å². The molecule has 0 saturated heterocycles. The minimum atomic E-state index is -0.0176. The standard InChI is InChI=1S/C11H13Cl2NOS/c1-7(2)14-10(15)6-16-11-8(12)4-3-5-9(11)13/h3-5,7H,6H2,1-2H3,(H,14,15). The third-order valence-electron chi connectivity index (χ3n) is 1.72. The summed E-state index contributed by atoms with van der Waals surface area (Å²) in [5, 5.41) is 3.96. The number of carbonyl (C=O) groups excluding carboxylic acids is 1. The molecule has 1 amide bonds. The Morgan fingerprint density at radius 2 is 1.94 bits per heavy atom. The van der Waals surface area contributed by atoms with Gasteiger partial charge in [-0.1, -0.05) is 29.3 Å². The maximum atomic E-state index is 11.4. The number of thioether (sulfide) groups is 1. The molecule has 2 nitrogen and oxygen atoms in total. The van der Waals surface area contributed by atoms with Gasteiger partial charge in [0.2, 0.25) is 5.91 Å². The zero-order valence-corrected chi connectivity index (χ0v) is 11.4. The van der Waals surface area contributed by atoms with Crippen LogP contribution in [0.4, 0.5) is 0 Å². The molecule has 0 bridgehead atoms. The maximum absolute atomic E-state index is 11.4. The van der Waals surface area contributed by atoms with E-state index in [-0.39, 0.29) is 11.9 Å². The Morgan fingerprint density at radius 3 is 2.44 bits per heavy atom. The zero-order valence-electron chi connectivity index (χ0n) is 9.09. The molecule has 0 saturated carbocycles. The second kappa shape index (κ2) is 6.38. The lowest BCUT2D eigenvalue weighted by Gasteiger charge is -2.09. The van der Waals surface area contributed by atoms with E-state index in [1.807, 2.05) is 13.8 Å². The van der Waals surface area contributed by atoms with E-state index in [0.29, 0.717) is 15.8 Å². The zero-order chi connectivity index (χ0) is 12.1. The van der Waals surface area contributed by atoms with Gasteiger partial charge in [0, 0.05) is 10.9 Å². The number of rotatable bonds is 4. The van der Waals surface area contributed by atoms with Crippen molar-refractivity contribution >= 4 is 40.9 Å². The van der Waals surface area contributed by atoms with E-state index in [4.69, 9.17) is 23.2 Å². The molecule has 0 aromatic heterocycles. The molecule has 1 rings (SSSR count). The van der Waals surface area contributed by atoms with Gasteiger partial charge in [-0.2, -0.15) is 0 Å². The minimum Gasteiger partial charge on any atom is -0.353 e. The molecule has 0 aliphatic heterocycles. The topological polar surface area (TPSA) is 29.1 Å². The SMILES string of the molecule is CC(C)NC(=O)CSc1c(Cl)cccc1Cl. The third kappa shape index (κ3) is 4.24. The van der Waals surface area contributed by atoms with Crippen molar-refractivity contribution in [3.8, 4) is 0 Å². The van der Waals surface area contributed by atoms with E-state index >= 15 is 0 Å². The van der Waals surface area contributed by atoms with Gasteiger partial charge in [-0.15, -0.1) is 11.8 Å². The molecule has 0 unspecified atom stereocenters. The number of halogens is 2. The summed E-state index contributed by atoms with van der Waals surface area (Å²) < 4.78 is 0. The van der Waals surface area contributed by atoms with E-state index < -0.39 is 0 Å². The Bertz CT molecular complexity index is 362. The number of benzene rings is 1. The summed E-state index contributed by atoms with van der Waals surface area (Å²) in [5.74, 6) is 0.303. The first-order valence-corrected chi connectivity index (χ1v) is 6.61. The predicted octanol–water partition coefficient (Wildman–Crippen LogP) is 3.61. The molecule has 16 heavy (non-hydrogen) atoms. The minimum absolute atomic E-state index is 0.0176. The molecular weight excluding hydrogens is 265 g/mol. The van der Waals surface area contributed by atoms with Gasteiger partial charge < -0.3 is 5.32 Å². The third-order valence-corrected chi connectivity index (χ3v) is 3.71. The number of hydrogen-bond donors (Lipinski definition) is 1. The Hall–Kier alpha value is -0.380. The Morgan fingerprint density at radius 1 is 1.38 bits per heavy atom. The molecule has 0 aliphatic carbocycles. The quantitative estimate of drug-likeness (QED) is 0.852. The van der Waals surface area contributed by atoms with Crippen molar-refractivity contribution < 1.29 is 4.79 Å². The van der Waals surface area contributed by atoms with Crippen molar-refractivity contribution in [3.63, 3.8) is 0 Å². The van der Waals surface area contributed by atoms with Crippen LogP contribution in [0.15, 0.2) is 23.1 Å². The van der Waals surface area contributed by atoms with Crippen molar-refractivity contribution in [3.05, 3.63) is 28.2 Å². The molecule has 88 valence electrons. The summed E-state index contributed by atoms with van der Waals surface area (Å²) >= 11 is 13.3. The second-order valence-corrected chi connectivity index (χ2v) is 5.36. The lowest BCUT2D eigenvalue weighted by molar-refractivity contribution is -0.119. The van der Waals surface area contributed by atoms with Crippen LogP contribution in [0.1, 0.15) is 13.8 Å².